The van der Waals surface area contributed by atoms with Crippen LogP contribution in [0.15, 0.2) is 48.8 Å². The van der Waals surface area contributed by atoms with Crippen LogP contribution in [0, 0.1) is 0 Å². The Bertz CT molecular complexity index is 899. The number of pyridine rings is 1. The first-order chi connectivity index (χ1) is 14.0. The molecule has 0 saturated carbocycles. The van der Waals surface area contributed by atoms with E-state index < -0.39 is 18.1 Å². The van der Waals surface area contributed by atoms with Crippen molar-refractivity contribution in [1.29, 1.82) is 0 Å². The first kappa shape index (κ1) is 22.2. The van der Waals surface area contributed by atoms with Crippen molar-refractivity contribution in [3.63, 3.8) is 0 Å². The number of nitrogens with zero attached hydrogens (tertiary/aromatic N) is 2. The molecule has 4 nitrogen and oxygen atoms in total. The molecule has 0 bridgehead atoms. The van der Waals surface area contributed by atoms with Crippen LogP contribution in [-0.4, -0.2) is 23.9 Å². The highest BCUT2D eigenvalue weighted by Gasteiger charge is 2.33. The van der Waals surface area contributed by atoms with Gasteiger partial charge >= 0.3 is 12.5 Å². The SMILES string of the molecule is FC(F)(F)Oc1ccc(CNCC2CC=CN2c2ncc(C(F)(F)F)cc2Cl)cc1. The Kier molecular flexibility index (Phi) is 6.47. The van der Waals surface area contributed by atoms with E-state index in [1.54, 1.807) is 11.1 Å². The molecule has 2 aromatic rings. The molecule has 0 amide bonds. The fourth-order valence-electron chi connectivity index (χ4n) is 2.96. The van der Waals surface area contributed by atoms with Gasteiger partial charge in [0.15, 0.2) is 5.82 Å². The third-order valence-electron chi connectivity index (χ3n) is 4.33. The summed E-state index contributed by atoms with van der Waals surface area (Å²) < 4.78 is 78.7. The van der Waals surface area contributed by atoms with Gasteiger partial charge in [-0.25, -0.2) is 4.98 Å². The molecule has 1 N–H and O–H groups in total. The highest BCUT2D eigenvalue weighted by atomic mass is 35.5. The van der Waals surface area contributed by atoms with Crippen LogP contribution in [-0.2, 0) is 12.7 Å². The molecule has 1 aliphatic heterocycles. The number of ether oxygens (including phenoxy) is 1. The smallest absolute Gasteiger partial charge is 0.406 e. The number of hydrogen-bond donors (Lipinski definition) is 1. The number of anilines is 1. The van der Waals surface area contributed by atoms with Gasteiger partial charge in [0.25, 0.3) is 0 Å². The van der Waals surface area contributed by atoms with Gasteiger partial charge in [0.2, 0.25) is 0 Å². The average molecular weight is 452 g/mol. The van der Waals surface area contributed by atoms with E-state index in [0.29, 0.717) is 19.5 Å². The van der Waals surface area contributed by atoms with Crippen molar-refractivity contribution in [2.75, 3.05) is 11.4 Å². The summed E-state index contributed by atoms with van der Waals surface area (Å²) in [5, 5.41) is 3.06. The van der Waals surface area contributed by atoms with Crippen molar-refractivity contribution in [2.24, 2.45) is 0 Å². The maximum atomic E-state index is 12.8. The fourth-order valence-corrected chi connectivity index (χ4v) is 3.22. The Labute approximate surface area is 173 Å². The number of hydrogen-bond acceptors (Lipinski definition) is 4. The molecule has 0 spiro atoms. The van der Waals surface area contributed by atoms with Crippen LogP contribution in [0.2, 0.25) is 5.02 Å². The van der Waals surface area contributed by atoms with E-state index in [0.717, 1.165) is 17.8 Å². The van der Waals surface area contributed by atoms with Gasteiger partial charge in [0.1, 0.15) is 5.75 Å². The van der Waals surface area contributed by atoms with Crippen molar-refractivity contribution < 1.29 is 31.1 Å². The number of benzene rings is 1. The van der Waals surface area contributed by atoms with Crippen molar-refractivity contribution in [3.05, 3.63) is 65.0 Å². The zero-order valence-corrected chi connectivity index (χ0v) is 16.0. The van der Waals surface area contributed by atoms with Gasteiger partial charge in [-0.1, -0.05) is 29.8 Å². The summed E-state index contributed by atoms with van der Waals surface area (Å²) in [6.07, 6.45) is -4.35. The molecular weight excluding hydrogens is 436 g/mol. The lowest BCUT2D eigenvalue weighted by molar-refractivity contribution is -0.274. The van der Waals surface area contributed by atoms with Gasteiger partial charge in [-0.15, -0.1) is 13.2 Å². The molecular formula is C19H16ClF6N3O. The van der Waals surface area contributed by atoms with Crippen LogP contribution in [0.1, 0.15) is 17.5 Å². The van der Waals surface area contributed by atoms with Crippen LogP contribution in [0.4, 0.5) is 32.2 Å². The van der Waals surface area contributed by atoms with Crippen molar-refractivity contribution in [1.82, 2.24) is 10.3 Å². The maximum Gasteiger partial charge on any atom is 0.573 e. The quantitative estimate of drug-likeness (QED) is 0.586. The van der Waals surface area contributed by atoms with Crippen molar-refractivity contribution >= 4 is 17.4 Å². The second-order valence-electron chi connectivity index (χ2n) is 6.53. The largest absolute Gasteiger partial charge is 0.573 e. The van der Waals surface area contributed by atoms with Gasteiger partial charge in [0, 0.05) is 25.5 Å². The molecule has 1 aromatic carbocycles. The molecule has 162 valence electrons. The molecule has 3 rings (SSSR count). The number of nitrogens with one attached hydrogen (secondary N) is 1. The number of aromatic nitrogens is 1. The molecule has 30 heavy (non-hydrogen) atoms. The van der Waals surface area contributed by atoms with E-state index in [9.17, 15) is 26.3 Å². The lowest BCUT2D eigenvalue weighted by Gasteiger charge is -2.26. The molecule has 1 aromatic heterocycles. The summed E-state index contributed by atoms with van der Waals surface area (Å²) in [7, 11) is 0. The lowest BCUT2D eigenvalue weighted by Crippen LogP contribution is -2.37. The molecule has 0 aliphatic carbocycles. The minimum Gasteiger partial charge on any atom is -0.406 e. The zero-order chi connectivity index (χ0) is 21.9. The number of rotatable bonds is 6. The third-order valence-corrected chi connectivity index (χ3v) is 4.61. The Balaban J connectivity index is 1.57. The van der Waals surface area contributed by atoms with E-state index >= 15 is 0 Å². The first-order valence-corrected chi connectivity index (χ1v) is 9.14. The molecule has 0 saturated heterocycles. The normalized spacial score (nSPS) is 16.9. The zero-order valence-electron chi connectivity index (χ0n) is 15.3. The highest BCUT2D eigenvalue weighted by molar-refractivity contribution is 6.33. The Morgan fingerprint density at radius 3 is 2.43 bits per heavy atom. The van der Waals surface area contributed by atoms with Crippen molar-refractivity contribution in [3.8, 4) is 5.75 Å². The lowest BCUT2D eigenvalue weighted by atomic mass is 10.2. The molecule has 1 aliphatic rings. The van der Waals surface area contributed by atoms with Gasteiger partial charge in [-0.3, -0.25) is 0 Å². The van der Waals surface area contributed by atoms with Gasteiger partial charge in [0.05, 0.1) is 16.6 Å². The predicted molar refractivity (Wildman–Crippen MR) is 99.1 cm³/mol. The third kappa shape index (κ3) is 5.79. The standard InChI is InChI=1S/C19H16ClF6N3O/c20-16-8-13(18(21,22)23)10-28-17(16)29-7-1-2-14(29)11-27-9-12-3-5-15(6-4-12)30-19(24,25)26/h1,3-8,10,14,27H,2,9,11H2. The first-order valence-electron chi connectivity index (χ1n) is 8.76. The summed E-state index contributed by atoms with van der Waals surface area (Å²) in [6, 6.07) is 6.17. The monoisotopic (exact) mass is 451 g/mol. The van der Waals surface area contributed by atoms with E-state index in [1.807, 2.05) is 6.08 Å². The summed E-state index contributed by atoms with van der Waals surface area (Å²) in [5.74, 6) is -0.0840. The van der Waals surface area contributed by atoms with E-state index in [4.69, 9.17) is 11.6 Å². The Morgan fingerprint density at radius 2 is 1.83 bits per heavy atom. The highest BCUT2D eigenvalue weighted by Crippen LogP contribution is 2.35. The second-order valence-corrected chi connectivity index (χ2v) is 6.94. The molecule has 1 unspecified atom stereocenters. The minimum absolute atomic E-state index is 0.110. The molecule has 0 radical (unpaired) electrons. The van der Waals surface area contributed by atoms with Crippen LogP contribution < -0.4 is 15.0 Å². The second kappa shape index (κ2) is 8.73. The summed E-state index contributed by atoms with van der Waals surface area (Å²) in [4.78, 5) is 5.56. The fraction of sp³-hybridized carbons (Fsp3) is 0.316. The maximum absolute atomic E-state index is 12.8. The summed E-state index contributed by atoms with van der Waals surface area (Å²) in [5.41, 5.74) is -0.181. The average Bonchev–Trinajstić information content (AvgIpc) is 3.09. The van der Waals surface area contributed by atoms with Crippen LogP contribution >= 0.6 is 11.6 Å². The van der Waals surface area contributed by atoms with Gasteiger partial charge in [-0.05, 0) is 30.2 Å². The van der Waals surface area contributed by atoms with E-state index in [1.165, 1.54) is 24.3 Å². The van der Waals surface area contributed by atoms with Crippen LogP contribution in [0.5, 0.6) is 5.75 Å². The Hall–Kier alpha value is -2.46. The molecule has 11 heteroatoms. The Morgan fingerprint density at radius 1 is 1.13 bits per heavy atom. The predicted octanol–water partition coefficient (Wildman–Crippen LogP) is 5.53. The van der Waals surface area contributed by atoms with Crippen LogP contribution in [0.25, 0.3) is 0 Å². The van der Waals surface area contributed by atoms with E-state index in [2.05, 4.69) is 15.0 Å². The number of halogens is 7. The topological polar surface area (TPSA) is 37.4 Å². The molecule has 0 fully saturated rings. The van der Waals surface area contributed by atoms with Gasteiger partial charge in [-0.2, -0.15) is 13.2 Å². The minimum atomic E-state index is -4.74. The summed E-state index contributed by atoms with van der Waals surface area (Å²) in [6.45, 7) is 0.831. The number of alkyl halides is 6. The molecule has 1 atom stereocenters. The summed E-state index contributed by atoms with van der Waals surface area (Å²) >= 11 is 6.02. The van der Waals surface area contributed by atoms with Crippen LogP contribution in [0.3, 0.4) is 0 Å². The molecule has 2 heterocycles. The van der Waals surface area contributed by atoms with E-state index in [-0.39, 0.29) is 22.6 Å². The van der Waals surface area contributed by atoms with Crippen molar-refractivity contribution in [2.45, 2.75) is 31.5 Å². The van der Waals surface area contributed by atoms with Gasteiger partial charge < -0.3 is 15.0 Å².